The average molecular weight is 923 g/mol. The highest BCUT2D eigenvalue weighted by Gasteiger charge is 2.62. The number of ketones is 1. The van der Waals surface area contributed by atoms with Crippen LogP contribution >= 0.6 is 0 Å². The van der Waals surface area contributed by atoms with Crippen LogP contribution in [0.5, 0.6) is 11.6 Å². The molecular formula is C45H49F3N6O10S. The van der Waals surface area contributed by atoms with Crippen molar-refractivity contribution in [3.63, 3.8) is 0 Å². The molecular weight excluding hydrogens is 874 g/mol. The fraction of sp³-hybridized carbons (Fsp3) is 0.511. The van der Waals surface area contributed by atoms with Gasteiger partial charge in [0.15, 0.2) is 11.6 Å². The van der Waals surface area contributed by atoms with Gasteiger partial charge >= 0.3 is 18.3 Å². The van der Waals surface area contributed by atoms with E-state index >= 15 is 0 Å². The first kappa shape index (κ1) is 44.3. The van der Waals surface area contributed by atoms with E-state index in [1.807, 2.05) is 12.2 Å². The average Bonchev–Trinajstić information content (AvgIpc) is 4.09. The highest BCUT2D eigenvalue weighted by Crippen LogP contribution is 2.46. The zero-order chi connectivity index (χ0) is 45.7. The minimum atomic E-state index is -4.58. The second-order valence-electron chi connectivity index (χ2n) is 17.6. The van der Waals surface area contributed by atoms with Crippen LogP contribution in [0.3, 0.4) is 0 Å². The summed E-state index contributed by atoms with van der Waals surface area (Å²) in [6.07, 6.45) is 4.11. The summed E-state index contributed by atoms with van der Waals surface area (Å²) in [5.41, 5.74) is -1.56. The summed E-state index contributed by atoms with van der Waals surface area (Å²) >= 11 is 0. The molecule has 0 bridgehead atoms. The minimum absolute atomic E-state index is 0.000352. The highest BCUT2D eigenvalue weighted by atomic mass is 32.2. The number of fused-ring (bicyclic) bond motifs is 5. The molecule has 346 valence electrons. The number of nitrogens with zero attached hydrogens (tertiary/aromatic N) is 3. The molecule has 2 aliphatic heterocycles. The fourth-order valence-electron chi connectivity index (χ4n) is 9.10. The number of alkyl carbamates (subject to hydrolysis) is 1. The number of rotatable bonds is 9. The Hall–Kier alpha value is -5.92. The summed E-state index contributed by atoms with van der Waals surface area (Å²) in [6.45, 7) is -0.241. The molecule has 5 atom stereocenters. The molecule has 1 saturated heterocycles. The third kappa shape index (κ3) is 9.31. The quantitative estimate of drug-likeness (QED) is 0.144. The molecule has 0 spiro atoms. The first-order chi connectivity index (χ1) is 31.1. The van der Waals surface area contributed by atoms with E-state index in [0.29, 0.717) is 61.7 Å². The van der Waals surface area contributed by atoms with Crippen molar-refractivity contribution in [1.82, 2.24) is 30.2 Å². The van der Waals surface area contributed by atoms with Gasteiger partial charge in [-0.1, -0.05) is 37.1 Å². The number of Topliss-reactive ketones (excluding diaryl/α,β-unsaturated/α-hetero) is 1. The molecule has 2 aromatic carbocycles. The number of nitrogens with one attached hydrogen (secondary N) is 3. The number of methoxy groups -OCH3 is 1. The molecule has 4 fully saturated rings. The zero-order valence-corrected chi connectivity index (χ0v) is 36.3. The lowest BCUT2D eigenvalue weighted by atomic mass is 9.97. The van der Waals surface area contributed by atoms with E-state index in [0.717, 1.165) is 31.4 Å². The number of halogens is 3. The Morgan fingerprint density at radius 1 is 0.954 bits per heavy atom. The number of allylic oxidation sites excluding steroid dienone is 1. The van der Waals surface area contributed by atoms with Gasteiger partial charge in [-0.15, -0.1) is 0 Å². The van der Waals surface area contributed by atoms with Gasteiger partial charge in [0.1, 0.15) is 34.6 Å². The van der Waals surface area contributed by atoms with Crippen LogP contribution in [-0.4, -0.2) is 95.8 Å². The molecule has 4 amide bonds. The number of carbonyl (C=O) groups is 4. The van der Waals surface area contributed by atoms with Crippen molar-refractivity contribution < 1.29 is 59.4 Å². The van der Waals surface area contributed by atoms with Gasteiger partial charge in [0.25, 0.3) is 11.8 Å². The van der Waals surface area contributed by atoms with E-state index < -0.39 is 80.5 Å². The Morgan fingerprint density at radius 2 is 1.71 bits per heavy atom. The molecule has 5 unspecified atom stereocenters. The summed E-state index contributed by atoms with van der Waals surface area (Å²) in [5, 5.41) is 5.38. The first-order valence-electron chi connectivity index (χ1n) is 22.1. The van der Waals surface area contributed by atoms with Crippen LogP contribution in [-0.2, 0) is 30.5 Å². The van der Waals surface area contributed by atoms with Crippen LogP contribution in [0.4, 0.5) is 22.8 Å². The van der Waals surface area contributed by atoms with Gasteiger partial charge in [0, 0.05) is 17.9 Å². The van der Waals surface area contributed by atoms with E-state index in [1.54, 1.807) is 18.2 Å². The van der Waals surface area contributed by atoms with Gasteiger partial charge in [-0.05, 0) is 94.5 Å². The Bertz CT molecular complexity index is 2650. The topological polar surface area (TPSA) is 208 Å². The fourth-order valence-corrected chi connectivity index (χ4v) is 10.5. The molecule has 20 heteroatoms. The minimum Gasteiger partial charge on any atom is -0.497 e. The molecule has 16 nitrogen and oxygen atoms in total. The molecule has 0 radical (unpaired) electrons. The van der Waals surface area contributed by atoms with E-state index in [1.165, 1.54) is 24.1 Å². The lowest BCUT2D eigenvalue weighted by Crippen LogP contribution is -2.58. The number of aromatic nitrogens is 2. The second-order valence-corrected chi connectivity index (χ2v) is 19.5. The maximum atomic E-state index is 14.8. The molecule has 2 aromatic heterocycles. The molecule has 65 heavy (non-hydrogen) atoms. The zero-order valence-electron chi connectivity index (χ0n) is 35.5. The van der Waals surface area contributed by atoms with Gasteiger partial charge in [-0.25, -0.2) is 23.0 Å². The van der Waals surface area contributed by atoms with Crippen molar-refractivity contribution in [3.05, 3.63) is 60.2 Å². The highest BCUT2D eigenvalue weighted by molar-refractivity contribution is 7.91. The predicted octanol–water partition coefficient (Wildman–Crippen LogP) is 7.10. The third-order valence-corrected chi connectivity index (χ3v) is 14.8. The summed E-state index contributed by atoms with van der Waals surface area (Å²) in [6, 6.07) is 6.17. The third-order valence-electron chi connectivity index (χ3n) is 13.0. The summed E-state index contributed by atoms with van der Waals surface area (Å²) in [5.74, 6) is -1.55. The Morgan fingerprint density at radius 3 is 2.43 bits per heavy atom. The van der Waals surface area contributed by atoms with Crippen molar-refractivity contribution in [3.8, 4) is 23.0 Å². The number of hydrogen-bond donors (Lipinski definition) is 3. The second kappa shape index (κ2) is 17.5. The van der Waals surface area contributed by atoms with E-state index in [9.17, 15) is 40.8 Å². The van der Waals surface area contributed by atoms with Crippen molar-refractivity contribution in [2.75, 3.05) is 13.7 Å². The number of amides is 4. The van der Waals surface area contributed by atoms with Crippen molar-refractivity contribution in [1.29, 1.82) is 0 Å². The van der Waals surface area contributed by atoms with Gasteiger partial charge < -0.3 is 34.2 Å². The summed E-state index contributed by atoms with van der Waals surface area (Å²) in [7, 11) is -2.50. The van der Waals surface area contributed by atoms with Crippen LogP contribution in [0.2, 0.25) is 0 Å². The smallest absolute Gasteiger partial charge is 0.416 e. The lowest BCUT2D eigenvalue weighted by Gasteiger charge is -2.29. The van der Waals surface area contributed by atoms with Gasteiger partial charge in [0.05, 0.1) is 41.9 Å². The molecule has 5 aliphatic rings. The maximum absolute atomic E-state index is 14.8. The molecule has 9 rings (SSSR count). The SMILES string of the molecule is COc1ccc2oc3c(OC4CC5C(=O)C(NC(=O)OC6CCCC6)CCCCC/C=C\C6CC6(C(=O)NS(=O)(=O)C6CC6)NC(=O)N5C4)nc(-c4ccc(C(F)(F)F)cc4)nc3c2c1. The standard InChI is InChI=1S/C45H49F3N6O10S/c1-61-29-17-20-35-32(21-29)36-38(64-35)40(51-39(50-36)25-13-15-26(16-14-25)45(46,47)48)62-30-22-34-37(55)33(49-43(58)63-28-10-7-8-11-28)12-6-4-2-3-5-9-27-23-44(27,52-42(57)54(34)24-30)41(56)53-65(59,60)31-18-19-31/h5,9,13-17,20-21,27-28,30-31,33-34H,2-4,6-8,10-12,18-19,22-24H2,1H3,(H,49,58)(H,52,57)(H,53,56)/b9-5-. The van der Waals surface area contributed by atoms with Gasteiger partial charge in [-0.2, -0.15) is 18.2 Å². The van der Waals surface area contributed by atoms with Crippen LogP contribution in [0.15, 0.2) is 59.0 Å². The molecule has 3 saturated carbocycles. The Labute approximate surface area is 372 Å². The van der Waals surface area contributed by atoms with E-state index in [4.69, 9.17) is 18.6 Å². The number of alkyl halides is 3. The number of sulfonamides is 1. The number of benzene rings is 2. The largest absolute Gasteiger partial charge is 0.497 e. The number of urea groups is 1. The van der Waals surface area contributed by atoms with Crippen LogP contribution in [0, 0.1) is 5.92 Å². The maximum Gasteiger partial charge on any atom is 0.416 e. The first-order valence-corrected chi connectivity index (χ1v) is 23.6. The van der Waals surface area contributed by atoms with E-state index in [-0.39, 0.29) is 60.3 Å². The van der Waals surface area contributed by atoms with Crippen molar-refractivity contribution >= 4 is 55.9 Å². The number of ether oxygens (including phenoxy) is 3. The summed E-state index contributed by atoms with van der Waals surface area (Å²) in [4.78, 5) is 67.2. The van der Waals surface area contributed by atoms with Crippen LogP contribution in [0.25, 0.3) is 33.5 Å². The van der Waals surface area contributed by atoms with Crippen molar-refractivity contribution in [2.24, 2.45) is 5.92 Å². The molecule has 3 N–H and O–H groups in total. The Kier molecular flexibility index (Phi) is 11.9. The van der Waals surface area contributed by atoms with Crippen molar-refractivity contribution in [2.45, 2.75) is 125 Å². The number of furan rings is 1. The molecule has 3 aliphatic carbocycles. The van der Waals surface area contributed by atoms with Gasteiger partial charge in [0.2, 0.25) is 15.6 Å². The number of hydrogen-bond acceptors (Lipinski definition) is 12. The van der Waals surface area contributed by atoms with Crippen LogP contribution in [0.1, 0.15) is 89.0 Å². The lowest BCUT2D eigenvalue weighted by molar-refractivity contribution is -0.137. The monoisotopic (exact) mass is 922 g/mol. The Balaban J connectivity index is 1.07. The molecule has 4 heterocycles. The normalized spacial score (nSPS) is 26.1. The number of carbonyl (C=O) groups excluding carboxylic acids is 4. The van der Waals surface area contributed by atoms with Crippen LogP contribution < -0.4 is 24.8 Å². The summed E-state index contributed by atoms with van der Waals surface area (Å²) < 4.78 is 92.6. The van der Waals surface area contributed by atoms with E-state index in [2.05, 4.69) is 25.3 Å². The molecule has 4 aromatic rings. The van der Waals surface area contributed by atoms with Gasteiger partial charge in [-0.3, -0.25) is 14.3 Å². The predicted molar refractivity (Wildman–Crippen MR) is 228 cm³/mol.